The molecule has 1 amide bonds. The Morgan fingerprint density at radius 3 is 2.90 bits per heavy atom. The topological polar surface area (TPSA) is 55.6 Å². The summed E-state index contributed by atoms with van der Waals surface area (Å²) in [7, 11) is 0. The first-order chi connectivity index (χ1) is 10.0. The number of thiocarbonyl (C=S) groups is 1. The smallest absolute Gasteiger partial charge is 0.229 e. The number of nitrogens with zero attached hydrogens (tertiary/aromatic N) is 1. The number of nitrogens with two attached hydrogens (primary N) is 1. The number of benzene rings is 1. The summed E-state index contributed by atoms with van der Waals surface area (Å²) in [6.07, 6.45) is 0.729. The minimum absolute atomic E-state index is 0.0284. The lowest BCUT2D eigenvalue weighted by Crippen LogP contribution is -2.44. The fourth-order valence-corrected chi connectivity index (χ4v) is 2.61. The van der Waals surface area contributed by atoms with Gasteiger partial charge in [0.2, 0.25) is 5.91 Å². The van der Waals surface area contributed by atoms with Crippen molar-refractivity contribution >= 4 is 23.1 Å². The number of fused-ring (bicyclic) bond motifs is 1. The van der Waals surface area contributed by atoms with Gasteiger partial charge in [0.15, 0.2) is 0 Å². The molecule has 1 aromatic rings. The fraction of sp³-hybridized carbons (Fsp3) is 0.500. The fourth-order valence-electron chi connectivity index (χ4n) is 2.54. The normalized spacial score (nSPS) is 18.3. The van der Waals surface area contributed by atoms with E-state index in [1.165, 1.54) is 0 Å². The van der Waals surface area contributed by atoms with Gasteiger partial charge in [0.1, 0.15) is 12.4 Å². The van der Waals surface area contributed by atoms with E-state index in [2.05, 4.69) is 0 Å². The molecule has 2 unspecified atom stereocenters. The maximum atomic E-state index is 12.7. The van der Waals surface area contributed by atoms with Gasteiger partial charge < -0.3 is 15.4 Å². The monoisotopic (exact) mass is 306 g/mol. The second kappa shape index (κ2) is 6.89. The molecule has 1 aromatic carbocycles. The number of carbonyl (C=O) groups is 1. The van der Waals surface area contributed by atoms with E-state index in [-0.39, 0.29) is 17.7 Å². The molecule has 5 heteroatoms. The first-order valence-corrected chi connectivity index (χ1v) is 7.72. The van der Waals surface area contributed by atoms with Crippen LogP contribution in [0.3, 0.4) is 0 Å². The van der Waals surface area contributed by atoms with E-state index in [0.29, 0.717) is 24.7 Å². The molecule has 1 heterocycles. The van der Waals surface area contributed by atoms with Crippen LogP contribution in [0.4, 0.5) is 0 Å². The van der Waals surface area contributed by atoms with Gasteiger partial charge in [-0.1, -0.05) is 37.3 Å². The third-order valence-electron chi connectivity index (χ3n) is 3.90. The van der Waals surface area contributed by atoms with Gasteiger partial charge >= 0.3 is 0 Å². The number of carbonyl (C=O) groups excluding carboxylic acids is 1. The van der Waals surface area contributed by atoms with E-state index in [4.69, 9.17) is 22.7 Å². The maximum absolute atomic E-state index is 12.7. The summed E-state index contributed by atoms with van der Waals surface area (Å²) in [5, 5.41) is 0. The summed E-state index contributed by atoms with van der Waals surface area (Å²) in [4.78, 5) is 14.9. The molecule has 2 N–H and O–H groups in total. The Labute approximate surface area is 131 Å². The summed E-state index contributed by atoms with van der Waals surface area (Å²) >= 11 is 4.99. The average molecular weight is 306 g/mol. The van der Waals surface area contributed by atoms with Crippen molar-refractivity contribution in [1.29, 1.82) is 0 Å². The highest BCUT2D eigenvalue weighted by Crippen LogP contribution is 2.27. The minimum atomic E-state index is -0.126. The molecule has 0 fully saturated rings. The van der Waals surface area contributed by atoms with E-state index in [0.717, 1.165) is 17.7 Å². The Morgan fingerprint density at radius 1 is 1.52 bits per heavy atom. The Morgan fingerprint density at radius 2 is 2.24 bits per heavy atom. The molecule has 0 aromatic heterocycles. The van der Waals surface area contributed by atoms with Crippen LogP contribution in [-0.2, 0) is 11.2 Å². The van der Waals surface area contributed by atoms with Crippen LogP contribution in [0.2, 0.25) is 0 Å². The number of para-hydroxylation sites is 1. The number of rotatable bonds is 5. The van der Waals surface area contributed by atoms with Gasteiger partial charge in [0.05, 0.1) is 10.9 Å². The van der Waals surface area contributed by atoms with Crippen LogP contribution in [0.5, 0.6) is 5.75 Å². The van der Waals surface area contributed by atoms with Gasteiger partial charge in [-0.15, -0.1) is 0 Å². The molecule has 0 saturated carbocycles. The number of amides is 1. The Hall–Kier alpha value is -1.62. The largest absolute Gasteiger partial charge is 0.492 e. The molecule has 0 saturated heterocycles. The first-order valence-electron chi connectivity index (χ1n) is 7.31. The molecule has 0 spiro atoms. The maximum Gasteiger partial charge on any atom is 0.229 e. The van der Waals surface area contributed by atoms with E-state index in [9.17, 15) is 4.79 Å². The molecule has 21 heavy (non-hydrogen) atoms. The van der Waals surface area contributed by atoms with Crippen molar-refractivity contribution in [2.24, 2.45) is 17.6 Å². The molecule has 1 aliphatic rings. The Kier molecular flexibility index (Phi) is 5.17. The standard InChI is InChI=1S/C16H22N2O2S/c1-3-18(9-11(2)15(17)21)16(19)13-8-12-6-4-5-7-14(12)20-10-13/h4-7,11,13H,3,8-10H2,1-2H3,(H2,17,21). The van der Waals surface area contributed by atoms with Crippen LogP contribution >= 0.6 is 12.2 Å². The van der Waals surface area contributed by atoms with Crippen molar-refractivity contribution in [1.82, 2.24) is 4.90 Å². The van der Waals surface area contributed by atoms with Gasteiger partial charge in [-0.25, -0.2) is 0 Å². The van der Waals surface area contributed by atoms with Crippen molar-refractivity contribution in [2.75, 3.05) is 19.7 Å². The molecule has 2 atom stereocenters. The number of hydrogen-bond donors (Lipinski definition) is 1. The summed E-state index contributed by atoms with van der Waals surface area (Å²) in [5.74, 6) is 0.912. The van der Waals surface area contributed by atoms with Crippen LogP contribution in [0.15, 0.2) is 24.3 Å². The number of hydrogen-bond acceptors (Lipinski definition) is 3. The van der Waals surface area contributed by atoms with Crippen molar-refractivity contribution < 1.29 is 9.53 Å². The zero-order valence-electron chi connectivity index (χ0n) is 12.5. The quantitative estimate of drug-likeness (QED) is 0.846. The van der Waals surface area contributed by atoms with Gasteiger partial charge in [0.25, 0.3) is 0 Å². The Balaban J connectivity index is 2.04. The summed E-state index contributed by atoms with van der Waals surface area (Å²) in [6, 6.07) is 7.88. The SMILES string of the molecule is CCN(CC(C)C(N)=S)C(=O)C1COc2ccccc2C1. The lowest BCUT2D eigenvalue weighted by molar-refractivity contribution is -0.137. The number of ether oxygens (including phenoxy) is 1. The molecule has 4 nitrogen and oxygen atoms in total. The van der Waals surface area contributed by atoms with Crippen LogP contribution < -0.4 is 10.5 Å². The predicted molar refractivity (Wildman–Crippen MR) is 87.3 cm³/mol. The molecule has 0 radical (unpaired) electrons. The van der Waals surface area contributed by atoms with Gasteiger partial charge in [-0.3, -0.25) is 4.79 Å². The molecule has 0 aliphatic carbocycles. The third kappa shape index (κ3) is 3.73. The highest BCUT2D eigenvalue weighted by Gasteiger charge is 2.29. The molecule has 1 aliphatic heterocycles. The van der Waals surface area contributed by atoms with Gasteiger partial charge in [0, 0.05) is 19.0 Å². The van der Waals surface area contributed by atoms with Crippen molar-refractivity contribution in [3.63, 3.8) is 0 Å². The van der Waals surface area contributed by atoms with Crippen LogP contribution in [-0.4, -0.2) is 35.5 Å². The zero-order chi connectivity index (χ0) is 15.4. The van der Waals surface area contributed by atoms with Gasteiger partial charge in [-0.05, 0) is 25.0 Å². The molecule has 2 rings (SSSR count). The van der Waals surface area contributed by atoms with Gasteiger partial charge in [-0.2, -0.15) is 0 Å². The second-order valence-corrected chi connectivity index (χ2v) is 5.97. The lowest BCUT2D eigenvalue weighted by atomic mass is 9.95. The van der Waals surface area contributed by atoms with Crippen molar-refractivity contribution in [3.8, 4) is 5.75 Å². The molecular formula is C16H22N2O2S. The van der Waals surface area contributed by atoms with E-state index >= 15 is 0 Å². The molecule has 114 valence electrons. The molecular weight excluding hydrogens is 284 g/mol. The van der Waals surface area contributed by atoms with Crippen molar-refractivity contribution in [2.45, 2.75) is 20.3 Å². The van der Waals surface area contributed by atoms with E-state index in [1.54, 1.807) is 0 Å². The summed E-state index contributed by atoms with van der Waals surface area (Å²) in [5.41, 5.74) is 6.75. The second-order valence-electron chi connectivity index (χ2n) is 5.50. The zero-order valence-corrected chi connectivity index (χ0v) is 13.4. The predicted octanol–water partition coefficient (Wildman–Crippen LogP) is 2.01. The van der Waals surface area contributed by atoms with E-state index < -0.39 is 0 Å². The van der Waals surface area contributed by atoms with Crippen LogP contribution in [0.25, 0.3) is 0 Å². The lowest BCUT2D eigenvalue weighted by Gasteiger charge is -2.31. The molecule has 0 bridgehead atoms. The third-order valence-corrected chi connectivity index (χ3v) is 4.30. The first kappa shape index (κ1) is 15.8. The van der Waals surface area contributed by atoms with Crippen LogP contribution in [0.1, 0.15) is 19.4 Å². The highest BCUT2D eigenvalue weighted by molar-refractivity contribution is 7.80. The summed E-state index contributed by atoms with van der Waals surface area (Å²) < 4.78 is 5.71. The van der Waals surface area contributed by atoms with Crippen molar-refractivity contribution in [3.05, 3.63) is 29.8 Å². The van der Waals surface area contributed by atoms with Crippen LogP contribution in [0, 0.1) is 11.8 Å². The van der Waals surface area contributed by atoms with E-state index in [1.807, 2.05) is 43.0 Å². The minimum Gasteiger partial charge on any atom is -0.492 e. The Bertz CT molecular complexity index is 533. The summed E-state index contributed by atoms with van der Waals surface area (Å²) in [6.45, 7) is 5.59. The highest BCUT2D eigenvalue weighted by atomic mass is 32.1. The average Bonchev–Trinajstić information content (AvgIpc) is 2.51.